The van der Waals surface area contributed by atoms with Crippen molar-refractivity contribution in [3.63, 3.8) is 0 Å². The number of alkyl halides is 1. The zero-order valence-electron chi connectivity index (χ0n) is 10.9. The molecule has 1 atom stereocenters. The number of carbonyl (C=O) groups excluding carboxylic acids is 1. The number of nitrogens with one attached hydrogen (secondary N) is 1. The molecule has 1 N–H and O–H groups in total. The summed E-state index contributed by atoms with van der Waals surface area (Å²) in [6, 6.07) is 7.30. The van der Waals surface area contributed by atoms with Crippen molar-refractivity contribution in [1.82, 2.24) is 5.32 Å². The fourth-order valence-electron chi connectivity index (χ4n) is 1.49. The van der Waals surface area contributed by atoms with Crippen LogP contribution in [0.15, 0.2) is 24.3 Å². The standard InChI is InChI=1S/C14H20ClNO2/c1-3-9-18-13-6-4-5-12(10-13)14(17)16-11(2)7-8-15/h4-6,10-11H,3,7-9H2,1-2H3,(H,16,17). The minimum Gasteiger partial charge on any atom is -0.494 e. The van der Waals surface area contributed by atoms with Crippen LogP contribution in [0.5, 0.6) is 5.75 Å². The molecule has 1 unspecified atom stereocenters. The minimum atomic E-state index is -0.0884. The third-order valence-corrected chi connectivity index (χ3v) is 2.71. The van der Waals surface area contributed by atoms with E-state index in [4.69, 9.17) is 16.3 Å². The lowest BCUT2D eigenvalue weighted by Gasteiger charge is -2.13. The Morgan fingerprint density at radius 1 is 1.50 bits per heavy atom. The molecule has 0 aromatic heterocycles. The Labute approximate surface area is 113 Å². The molecule has 0 saturated carbocycles. The Hall–Kier alpha value is -1.22. The van der Waals surface area contributed by atoms with Gasteiger partial charge in [-0.05, 0) is 38.0 Å². The van der Waals surface area contributed by atoms with Gasteiger partial charge < -0.3 is 10.1 Å². The molecule has 1 rings (SSSR count). The van der Waals surface area contributed by atoms with Crippen LogP contribution in [0, 0.1) is 0 Å². The van der Waals surface area contributed by atoms with Crippen LogP contribution in [-0.4, -0.2) is 24.4 Å². The number of hydrogen-bond acceptors (Lipinski definition) is 2. The molecule has 0 aliphatic heterocycles. The third kappa shape index (κ3) is 4.96. The first-order valence-electron chi connectivity index (χ1n) is 6.27. The molecule has 0 aliphatic rings. The molecule has 3 nitrogen and oxygen atoms in total. The lowest BCUT2D eigenvalue weighted by atomic mass is 10.1. The summed E-state index contributed by atoms with van der Waals surface area (Å²) < 4.78 is 5.50. The zero-order chi connectivity index (χ0) is 13.4. The van der Waals surface area contributed by atoms with Gasteiger partial charge in [0.1, 0.15) is 5.75 Å². The van der Waals surface area contributed by atoms with Crippen molar-refractivity contribution in [3.05, 3.63) is 29.8 Å². The largest absolute Gasteiger partial charge is 0.494 e. The van der Waals surface area contributed by atoms with E-state index in [9.17, 15) is 4.79 Å². The van der Waals surface area contributed by atoms with E-state index in [2.05, 4.69) is 5.32 Å². The van der Waals surface area contributed by atoms with E-state index in [1.54, 1.807) is 12.1 Å². The molecule has 1 aromatic rings. The summed E-state index contributed by atoms with van der Waals surface area (Å²) >= 11 is 5.64. The SMILES string of the molecule is CCCOc1cccc(C(=O)NC(C)CCCl)c1. The maximum Gasteiger partial charge on any atom is 0.251 e. The van der Waals surface area contributed by atoms with E-state index >= 15 is 0 Å². The molecule has 100 valence electrons. The maximum atomic E-state index is 11.9. The van der Waals surface area contributed by atoms with Crippen LogP contribution in [0.25, 0.3) is 0 Å². The number of halogens is 1. The number of hydrogen-bond donors (Lipinski definition) is 1. The maximum absolute atomic E-state index is 11.9. The highest BCUT2D eigenvalue weighted by molar-refractivity contribution is 6.17. The second-order valence-corrected chi connectivity index (χ2v) is 4.61. The van der Waals surface area contributed by atoms with Crippen LogP contribution in [0.1, 0.15) is 37.0 Å². The molecular formula is C14H20ClNO2. The average Bonchev–Trinajstić information content (AvgIpc) is 2.37. The summed E-state index contributed by atoms with van der Waals surface area (Å²) in [7, 11) is 0. The predicted molar refractivity (Wildman–Crippen MR) is 74.5 cm³/mol. The molecule has 18 heavy (non-hydrogen) atoms. The van der Waals surface area contributed by atoms with Crippen LogP contribution in [-0.2, 0) is 0 Å². The van der Waals surface area contributed by atoms with Crippen molar-refractivity contribution >= 4 is 17.5 Å². The molecule has 0 radical (unpaired) electrons. The number of amides is 1. The van der Waals surface area contributed by atoms with Gasteiger partial charge >= 0.3 is 0 Å². The summed E-state index contributed by atoms with van der Waals surface area (Å²) in [6.07, 6.45) is 1.71. The van der Waals surface area contributed by atoms with E-state index < -0.39 is 0 Å². The van der Waals surface area contributed by atoms with Crippen molar-refractivity contribution in [2.75, 3.05) is 12.5 Å². The first-order valence-corrected chi connectivity index (χ1v) is 6.80. The molecule has 1 aromatic carbocycles. The average molecular weight is 270 g/mol. The van der Waals surface area contributed by atoms with Gasteiger partial charge in [-0.1, -0.05) is 13.0 Å². The Balaban J connectivity index is 2.62. The van der Waals surface area contributed by atoms with Gasteiger partial charge in [0.05, 0.1) is 6.61 Å². The Bertz CT molecular complexity index is 382. The van der Waals surface area contributed by atoms with E-state index in [1.165, 1.54) is 0 Å². The molecule has 0 saturated heterocycles. The molecule has 0 heterocycles. The van der Waals surface area contributed by atoms with E-state index in [1.807, 2.05) is 26.0 Å². The highest BCUT2D eigenvalue weighted by Gasteiger charge is 2.09. The number of carbonyl (C=O) groups is 1. The molecule has 0 fully saturated rings. The molecule has 1 amide bonds. The van der Waals surface area contributed by atoms with Crippen LogP contribution in [0.2, 0.25) is 0 Å². The summed E-state index contributed by atoms with van der Waals surface area (Å²) in [6.45, 7) is 4.65. The van der Waals surface area contributed by atoms with Crippen LogP contribution < -0.4 is 10.1 Å². The number of rotatable bonds is 7. The lowest BCUT2D eigenvalue weighted by Crippen LogP contribution is -2.32. The summed E-state index contributed by atoms with van der Waals surface area (Å²) in [5.41, 5.74) is 0.616. The van der Waals surface area contributed by atoms with Gasteiger partial charge in [-0.3, -0.25) is 4.79 Å². The molecular weight excluding hydrogens is 250 g/mol. The van der Waals surface area contributed by atoms with Crippen LogP contribution in [0.4, 0.5) is 0 Å². The smallest absolute Gasteiger partial charge is 0.251 e. The second kappa shape index (κ2) is 7.98. The quantitative estimate of drug-likeness (QED) is 0.772. The Morgan fingerprint density at radius 3 is 2.94 bits per heavy atom. The number of ether oxygens (including phenoxy) is 1. The van der Waals surface area contributed by atoms with Crippen molar-refractivity contribution in [2.45, 2.75) is 32.7 Å². The number of benzene rings is 1. The third-order valence-electron chi connectivity index (χ3n) is 2.49. The molecule has 0 aliphatic carbocycles. The fourth-order valence-corrected chi connectivity index (χ4v) is 1.82. The topological polar surface area (TPSA) is 38.3 Å². The van der Waals surface area contributed by atoms with Gasteiger partial charge in [0.15, 0.2) is 0 Å². The fraction of sp³-hybridized carbons (Fsp3) is 0.500. The summed E-state index contributed by atoms with van der Waals surface area (Å²) in [4.78, 5) is 11.9. The van der Waals surface area contributed by atoms with Crippen LogP contribution in [0.3, 0.4) is 0 Å². The predicted octanol–water partition coefficient (Wildman–Crippen LogP) is 3.22. The van der Waals surface area contributed by atoms with Crippen molar-refractivity contribution in [2.24, 2.45) is 0 Å². The zero-order valence-corrected chi connectivity index (χ0v) is 11.7. The van der Waals surface area contributed by atoms with E-state index in [0.29, 0.717) is 18.1 Å². The Morgan fingerprint density at radius 2 is 2.28 bits per heavy atom. The first kappa shape index (κ1) is 14.8. The molecule has 0 spiro atoms. The van der Waals surface area contributed by atoms with E-state index in [-0.39, 0.29) is 11.9 Å². The highest BCUT2D eigenvalue weighted by atomic mass is 35.5. The monoisotopic (exact) mass is 269 g/mol. The van der Waals surface area contributed by atoms with Gasteiger partial charge in [0, 0.05) is 17.5 Å². The first-order chi connectivity index (χ1) is 8.67. The normalized spacial score (nSPS) is 11.9. The van der Waals surface area contributed by atoms with Gasteiger partial charge in [-0.2, -0.15) is 0 Å². The van der Waals surface area contributed by atoms with Crippen LogP contribution >= 0.6 is 11.6 Å². The Kier molecular flexibility index (Phi) is 6.58. The minimum absolute atomic E-state index is 0.0789. The second-order valence-electron chi connectivity index (χ2n) is 4.23. The summed E-state index contributed by atoms with van der Waals surface area (Å²) in [5.74, 6) is 1.19. The van der Waals surface area contributed by atoms with Crippen molar-refractivity contribution in [3.8, 4) is 5.75 Å². The van der Waals surface area contributed by atoms with Gasteiger partial charge in [-0.25, -0.2) is 0 Å². The van der Waals surface area contributed by atoms with Crippen molar-refractivity contribution < 1.29 is 9.53 Å². The van der Waals surface area contributed by atoms with Gasteiger partial charge in [0.25, 0.3) is 5.91 Å². The highest BCUT2D eigenvalue weighted by Crippen LogP contribution is 2.13. The van der Waals surface area contributed by atoms with Gasteiger partial charge in [-0.15, -0.1) is 11.6 Å². The summed E-state index contributed by atoms with van der Waals surface area (Å²) in [5, 5.41) is 2.90. The van der Waals surface area contributed by atoms with E-state index in [0.717, 1.165) is 18.6 Å². The lowest BCUT2D eigenvalue weighted by molar-refractivity contribution is 0.0939. The molecule has 0 bridgehead atoms. The van der Waals surface area contributed by atoms with Crippen molar-refractivity contribution in [1.29, 1.82) is 0 Å². The van der Waals surface area contributed by atoms with Gasteiger partial charge in [0.2, 0.25) is 0 Å². The molecule has 4 heteroatoms.